The first-order valence-electron chi connectivity index (χ1n) is 13.2. The van der Waals surface area contributed by atoms with Crippen LogP contribution in [0.3, 0.4) is 0 Å². The number of halogens is 1. The first-order chi connectivity index (χ1) is 18.0. The van der Waals surface area contributed by atoms with Gasteiger partial charge in [0.1, 0.15) is 0 Å². The van der Waals surface area contributed by atoms with Gasteiger partial charge in [0.05, 0.1) is 17.4 Å². The third kappa shape index (κ3) is 5.21. The summed E-state index contributed by atoms with van der Waals surface area (Å²) in [4.78, 5) is 29.8. The van der Waals surface area contributed by atoms with E-state index in [2.05, 4.69) is 43.4 Å². The fraction of sp³-hybridized carbons (Fsp3) is 0.312. The average molecular weight is 513 g/mol. The number of amides is 1. The molecule has 1 heterocycles. The van der Waals surface area contributed by atoms with E-state index in [4.69, 9.17) is 11.6 Å². The lowest BCUT2D eigenvalue weighted by Crippen LogP contribution is -2.38. The summed E-state index contributed by atoms with van der Waals surface area (Å²) < 4.78 is 0. The van der Waals surface area contributed by atoms with Gasteiger partial charge in [-0.1, -0.05) is 85.5 Å². The van der Waals surface area contributed by atoms with Crippen molar-refractivity contribution < 1.29 is 9.59 Å². The molecule has 2 unspecified atom stereocenters. The molecule has 0 fully saturated rings. The largest absolute Gasteiger partial charge is 0.357 e. The zero-order valence-corrected chi connectivity index (χ0v) is 22.2. The Hall–Kier alpha value is -3.37. The number of nitrogens with one attached hydrogen (secondary N) is 1. The average Bonchev–Trinajstić information content (AvgIpc) is 3.04. The molecule has 0 radical (unpaired) electrons. The topological polar surface area (TPSA) is 49.4 Å². The van der Waals surface area contributed by atoms with Gasteiger partial charge >= 0.3 is 0 Å². The Morgan fingerprint density at radius 3 is 2.38 bits per heavy atom. The SMILES string of the molecule is CCCCCC(=O)N1c2ccccc2NC2=C(C(=O)CC(c3ccc(Cl)cc3)C2)C1c1ccc(C)cc1. The highest BCUT2D eigenvalue weighted by molar-refractivity contribution is 6.30. The first kappa shape index (κ1) is 25.3. The van der Waals surface area contributed by atoms with Crippen LogP contribution >= 0.6 is 11.6 Å². The lowest BCUT2D eigenvalue weighted by molar-refractivity contribution is -0.119. The number of hydrogen-bond acceptors (Lipinski definition) is 3. The lowest BCUT2D eigenvalue weighted by atomic mass is 9.78. The van der Waals surface area contributed by atoms with Crippen LogP contribution in [0.1, 0.15) is 74.1 Å². The maximum absolute atomic E-state index is 14.0. The molecular weight excluding hydrogens is 480 g/mol. The number of rotatable bonds is 6. The third-order valence-corrected chi connectivity index (χ3v) is 7.74. The minimum absolute atomic E-state index is 0.0497. The number of para-hydroxylation sites is 2. The van der Waals surface area contributed by atoms with E-state index >= 15 is 0 Å². The van der Waals surface area contributed by atoms with E-state index in [-0.39, 0.29) is 17.6 Å². The Morgan fingerprint density at radius 2 is 1.65 bits per heavy atom. The van der Waals surface area contributed by atoms with Gasteiger partial charge in [0.25, 0.3) is 0 Å². The Kier molecular flexibility index (Phi) is 7.48. The van der Waals surface area contributed by atoms with Crippen molar-refractivity contribution >= 4 is 34.7 Å². The van der Waals surface area contributed by atoms with Gasteiger partial charge < -0.3 is 5.32 Å². The Labute approximate surface area is 224 Å². The molecule has 2 aliphatic rings. The standard InChI is InChI=1S/C32H33ClN2O2/c1-3-4-5-10-30(37)35-28-9-7-6-8-26(28)34-27-19-24(22-15-17-25(33)18-16-22)20-29(36)31(27)32(35)23-13-11-21(2)12-14-23/h6-9,11-18,24,32,34H,3-5,10,19-20H2,1-2H3. The number of anilines is 2. The number of unbranched alkanes of at least 4 members (excludes halogenated alkanes) is 2. The number of nitrogens with zero attached hydrogens (tertiary/aromatic N) is 1. The number of benzene rings is 3. The van der Waals surface area contributed by atoms with Crippen LogP contribution in [-0.2, 0) is 9.59 Å². The molecule has 37 heavy (non-hydrogen) atoms. The van der Waals surface area contributed by atoms with Gasteiger partial charge in [-0.15, -0.1) is 0 Å². The van der Waals surface area contributed by atoms with E-state index in [0.29, 0.717) is 29.9 Å². The minimum atomic E-state index is -0.473. The second-order valence-electron chi connectivity index (χ2n) is 10.1. The van der Waals surface area contributed by atoms with Crippen molar-refractivity contribution in [1.82, 2.24) is 0 Å². The van der Waals surface area contributed by atoms with Gasteiger partial charge in [0, 0.05) is 29.1 Å². The number of aryl methyl sites for hydroxylation is 1. The van der Waals surface area contributed by atoms with E-state index < -0.39 is 6.04 Å². The summed E-state index contributed by atoms with van der Waals surface area (Å²) in [6.07, 6.45) is 4.43. The van der Waals surface area contributed by atoms with E-state index in [1.54, 1.807) is 0 Å². The summed E-state index contributed by atoms with van der Waals surface area (Å²) in [5, 5.41) is 4.29. The quantitative estimate of drug-likeness (QED) is 0.339. The van der Waals surface area contributed by atoms with Gasteiger partial charge in [-0.2, -0.15) is 0 Å². The highest BCUT2D eigenvalue weighted by Crippen LogP contribution is 2.47. The number of allylic oxidation sites excluding steroid dienone is 1. The van der Waals surface area contributed by atoms with E-state index in [1.807, 2.05) is 53.4 Å². The molecular formula is C32H33ClN2O2. The van der Waals surface area contributed by atoms with Crippen LogP contribution in [0.5, 0.6) is 0 Å². The van der Waals surface area contributed by atoms with Gasteiger partial charge in [-0.3, -0.25) is 14.5 Å². The number of Topliss-reactive ketones (excluding diaryl/α,β-unsaturated/α-hetero) is 1. The number of carbonyl (C=O) groups is 2. The molecule has 2 atom stereocenters. The summed E-state index contributed by atoms with van der Waals surface area (Å²) in [6.45, 7) is 4.19. The predicted octanol–water partition coefficient (Wildman–Crippen LogP) is 8.13. The molecule has 3 aromatic carbocycles. The molecule has 1 amide bonds. The number of fused-ring (bicyclic) bond motifs is 1. The van der Waals surface area contributed by atoms with Gasteiger partial charge in [-0.25, -0.2) is 0 Å². The summed E-state index contributed by atoms with van der Waals surface area (Å²) in [5.41, 5.74) is 6.48. The van der Waals surface area contributed by atoms with Crippen molar-refractivity contribution in [3.8, 4) is 0 Å². The Morgan fingerprint density at radius 1 is 0.946 bits per heavy atom. The highest BCUT2D eigenvalue weighted by Gasteiger charge is 2.41. The molecule has 1 aliphatic heterocycles. The Bertz CT molecular complexity index is 1330. The highest BCUT2D eigenvalue weighted by atomic mass is 35.5. The first-order valence-corrected chi connectivity index (χ1v) is 13.6. The van der Waals surface area contributed by atoms with E-state index in [0.717, 1.165) is 53.0 Å². The number of carbonyl (C=O) groups excluding carboxylic acids is 2. The molecule has 0 saturated heterocycles. The van der Waals surface area contributed by atoms with Crippen LogP contribution in [0.15, 0.2) is 84.1 Å². The van der Waals surface area contributed by atoms with Gasteiger partial charge in [-0.05, 0) is 61.1 Å². The van der Waals surface area contributed by atoms with Crippen LogP contribution in [0.25, 0.3) is 0 Å². The van der Waals surface area contributed by atoms with Crippen LogP contribution < -0.4 is 10.2 Å². The molecule has 0 saturated carbocycles. The van der Waals surface area contributed by atoms with Crippen molar-refractivity contribution in [3.63, 3.8) is 0 Å². The minimum Gasteiger partial charge on any atom is -0.357 e. The maximum Gasteiger partial charge on any atom is 0.227 e. The molecule has 0 bridgehead atoms. The maximum atomic E-state index is 14.0. The van der Waals surface area contributed by atoms with Crippen LogP contribution in [0.2, 0.25) is 5.02 Å². The molecule has 0 aromatic heterocycles. The molecule has 0 spiro atoms. The van der Waals surface area contributed by atoms with Gasteiger partial charge in [0.15, 0.2) is 5.78 Å². The summed E-state index contributed by atoms with van der Waals surface area (Å²) in [6, 6.07) is 23.5. The zero-order valence-electron chi connectivity index (χ0n) is 21.5. The van der Waals surface area contributed by atoms with Gasteiger partial charge in [0.2, 0.25) is 5.91 Å². The second-order valence-corrected chi connectivity index (χ2v) is 10.6. The number of hydrogen-bond donors (Lipinski definition) is 1. The van der Waals surface area contributed by atoms with Crippen molar-refractivity contribution in [2.45, 2.75) is 64.3 Å². The molecule has 5 heteroatoms. The van der Waals surface area contributed by atoms with Crippen molar-refractivity contribution in [2.75, 3.05) is 10.2 Å². The summed E-state index contributed by atoms with van der Waals surface area (Å²) >= 11 is 6.13. The predicted molar refractivity (Wildman–Crippen MR) is 151 cm³/mol. The monoisotopic (exact) mass is 512 g/mol. The van der Waals surface area contributed by atoms with Crippen molar-refractivity contribution in [3.05, 3.63) is 106 Å². The Balaban J connectivity index is 1.65. The molecule has 3 aromatic rings. The molecule has 5 rings (SSSR count). The summed E-state index contributed by atoms with van der Waals surface area (Å²) in [5.74, 6) is 0.182. The smallest absolute Gasteiger partial charge is 0.227 e. The van der Waals surface area contributed by atoms with Crippen molar-refractivity contribution in [2.24, 2.45) is 0 Å². The van der Waals surface area contributed by atoms with Crippen LogP contribution in [0, 0.1) is 6.92 Å². The lowest BCUT2D eigenvalue weighted by Gasteiger charge is -2.35. The fourth-order valence-electron chi connectivity index (χ4n) is 5.55. The molecule has 190 valence electrons. The van der Waals surface area contributed by atoms with Crippen LogP contribution in [0.4, 0.5) is 11.4 Å². The molecule has 1 N–H and O–H groups in total. The molecule has 4 nitrogen and oxygen atoms in total. The zero-order chi connectivity index (χ0) is 25.9. The third-order valence-electron chi connectivity index (χ3n) is 7.49. The normalized spacial score (nSPS) is 19.1. The number of ketones is 1. The molecule has 1 aliphatic carbocycles. The van der Waals surface area contributed by atoms with E-state index in [9.17, 15) is 9.59 Å². The second kappa shape index (κ2) is 10.9. The summed E-state index contributed by atoms with van der Waals surface area (Å²) in [7, 11) is 0. The van der Waals surface area contributed by atoms with Crippen LogP contribution in [-0.4, -0.2) is 11.7 Å². The van der Waals surface area contributed by atoms with Crippen molar-refractivity contribution in [1.29, 1.82) is 0 Å². The fourth-order valence-corrected chi connectivity index (χ4v) is 5.67. The van der Waals surface area contributed by atoms with E-state index in [1.165, 1.54) is 0 Å².